The number of carbonyl (C=O) groups excluding carboxylic acids is 2. The fourth-order valence-corrected chi connectivity index (χ4v) is 7.49. The highest BCUT2D eigenvalue weighted by Crippen LogP contribution is 2.42. The predicted molar refractivity (Wildman–Crippen MR) is 158 cm³/mol. The Labute approximate surface area is 246 Å². The summed E-state index contributed by atoms with van der Waals surface area (Å²) >= 11 is 7.71. The van der Waals surface area contributed by atoms with Crippen molar-refractivity contribution >= 4 is 41.1 Å². The molecule has 3 aliphatic heterocycles. The van der Waals surface area contributed by atoms with Gasteiger partial charge in [0.1, 0.15) is 18.4 Å². The molecule has 1 aliphatic carbocycles. The van der Waals surface area contributed by atoms with Gasteiger partial charge < -0.3 is 19.3 Å². The number of fused-ring (bicyclic) bond motifs is 3. The summed E-state index contributed by atoms with van der Waals surface area (Å²) in [4.78, 5) is 31.1. The van der Waals surface area contributed by atoms with Crippen LogP contribution in [0.4, 0.5) is 5.69 Å². The van der Waals surface area contributed by atoms with Crippen molar-refractivity contribution in [1.29, 1.82) is 0 Å². The van der Waals surface area contributed by atoms with Crippen LogP contribution in [-0.2, 0) is 20.7 Å². The molecule has 7 nitrogen and oxygen atoms in total. The zero-order valence-corrected chi connectivity index (χ0v) is 24.6. The molecule has 6 rings (SSSR count). The number of nitrogens with zero attached hydrogens (tertiary/aromatic N) is 2. The molecule has 1 saturated carbocycles. The van der Waals surface area contributed by atoms with Gasteiger partial charge in [-0.05, 0) is 97.3 Å². The van der Waals surface area contributed by atoms with E-state index >= 15 is 0 Å². The van der Waals surface area contributed by atoms with Crippen LogP contribution in [0.15, 0.2) is 41.3 Å². The first-order valence-corrected chi connectivity index (χ1v) is 15.8. The number of anilines is 1. The minimum Gasteiger partial charge on any atom is -0.491 e. The highest BCUT2D eigenvalue weighted by molar-refractivity contribution is 7.98. The molecule has 2 fully saturated rings. The molecule has 4 atom stereocenters. The van der Waals surface area contributed by atoms with Crippen LogP contribution in [-0.4, -0.2) is 62.2 Å². The van der Waals surface area contributed by atoms with Crippen molar-refractivity contribution in [2.45, 2.75) is 62.3 Å². The van der Waals surface area contributed by atoms with Crippen LogP contribution in [0.3, 0.4) is 0 Å². The fraction of sp³-hybridized carbons (Fsp3) is 0.548. The molecule has 4 unspecified atom stereocenters. The van der Waals surface area contributed by atoms with Crippen LogP contribution in [0, 0.1) is 11.8 Å². The number of rotatable bonds is 3. The Morgan fingerprint density at radius 3 is 2.75 bits per heavy atom. The van der Waals surface area contributed by atoms with Crippen LogP contribution < -0.4 is 14.4 Å². The minimum absolute atomic E-state index is 0.0414. The number of ether oxygens (including phenoxy) is 2. The molecule has 214 valence electrons. The second-order valence-corrected chi connectivity index (χ2v) is 12.9. The Morgan fingerprint density at radius 2 is 1.93 bits per heavy atom. The molecule has 2 aromatic rings. The van der Waals surface area contributed by atoms with Gasteiger partial charge >= 0.3 is 0 Å². The van der Waals surface area contributed by atoms with E-state index in [0.29, 0.717) is 38.0 Å². The first kappa shape index (κ1) is 27.7. The van der Waals surface area contributed by atoms with Crippen LogP contribution in [0.2, 0.25) is 5.02 Å². The van der Waals surface area contributed by atoms with Crippen molar-refractivity contribution in [2.75, 3.05) is 44.4 Å². The van der Waals surface area contributed by atoms with Crippen molar-refractivity contribution in [3.05, 3.63) is 52.5 Å². The van der Waals surface area contributed by atoms with Gasteiger partial charge in [0.05, 0.1) is 18.9 Å². The van der Waals surface area contributed by atoms with E-state index in [1.54, 1.807) is 4.90 Å². The Balaban J connectivity index is 1.31. The molecule has 3 heterocycles. The van der Waals surface area contributed by atoms with Gasteiger partial charge in [0, 0.05) is 35.5 Å². The van der Waals surface area contributed by atoms with Gasteiger partial charge in [-0.3, -0.25) is 14.3 Å². The monoisotopic (exact) mass is 583 g/mol. The van der Waals surface area contributed by atoms with Gasteiger partial charge in [-0.25, -0.2) is 0 Å². The normalized spacial score (nSPS) is 27.1. The summed E-state index contributed by atoms with van der Waals surface area (Å²) in [7, 11) is 0. The average Bonchev–Trinajstić information content (AvgIpc) is 3.37. The molecule has 1 N–H and O–H groups in total. The van der Waals surface area contributed by atoms with E-state index in [9.17, 15) is 9.59 Å². The number of halogens is 1. The lowest BCUT2D eigenvalue weighted by Crippen LogP contribution is -2.46. The molecule has 2 amide bonds. The number of benzene rings is 2. The number of hydrogen-bond acceptors (Lipinski definition) is 6. The summed E-state index contributed by atoms with van der Waals surface area (Å²) in [6.07, 6.45) is 5.82. The average molecular weight is 584 g/mol. The zero-order valence-electron chi connectivity index (χ0n) is 23.1. The minimum atomic E-state index is -0.439. The van der Waals surface area contributed by atoms with Crippen LogP contribution >= 0.6 is 23.5 Å². The smallest absolute Gasteiger partial charge is 0.252 e. The van der Waals surface area contributed by atoms with Crippen LogP contribution in [0.25, 0.3) is 0 Å². The molecule has 0 spiro atoms. The molecule has 9 heteroatoms. The number of hydrogen-bond donors (Lipinski definition) is 1. The Kier molecular flexibility index (Phi) is 8.47. The second-order valence-electron chi connectivity index (χ2n) is 11.6. The maximum absolute atomic E-state index is 13.1. The van der Waals surface area contributed by atoms with Crippen molar-refractivity contribution in [3.63, 3.8) is 0 Å². The summed E-state index contributed by atoms with van der Waals surface area (Å²) < 4.78 is 15.4. The Morgan fingerprint density at radius 1 is 1.05 bits per heavy atom. The standard InChI is InChI=1S/C31H38ClN3O4S/c1-2-4-20-13-24(32)8-10-26(20)23-16-34-15-21-6-7-22(21)17-38-19-30(36)35-12-3-5-27(35)31(37)33-40-25-9-11-29(39-18-23)28(34)14-25/h8-11,13-14,21-23,27H,2-7,12,15-19H2,1H3,(H,33,37). The van der Waals surface area contributed by atoms with E-state index in [-0.39, 0.29) is 24.3 Å². The summed E-state index contributed by atoms with van der Waals surface area (Å²) in [5.41, 5.74) is 3.67. The summed E-state index contributed by atoms with van der Waals surface area (Å²) in [5, 5.41) is 0.773. The van der Waals surface area contributed by atoms with E-state index in [1.807, 2.05) is 18.2 Å². The first-order chi connectivity index (χ1) is 19.5. The van der Waals surface area contributed by atoms with Gasteiger partial charge in [0.2, 0.25) is 5.91 Å². The zero-order chi connectivity index (χ0) is 27.6. The number of aryl methyl sites for hydroxylation is 1. The molecular weight excluding hydrogens is 546 g/mol. The van der Waals surface area contributed by atoms with Gasteiger partial charge in [0.15, 0.2) is 0 Å². The van der Waals surface area contributed by atoms with Crippen molar-refractivity contribution in [3.8, 4) is 5.75 Å². The predicted octanol–water partition coefficient (Wildman–Crippen LogP) is 5.45. The number of amides is 2. The van der Waals surface area contributed by atoms with E-state index in [2.05, 4.69) is 34.7 Å². The van der Waals surface area contributed by atoms with E-state index in [1.165, 1.54) is 23.1 Å². The molecular formula is C31H38ClN3O4S. The Bertz CT molecular complexity index is 1260. The molecule has 0 radical (unpaired) electrons. The molecule has 4 aliphatic rings. The molecule has 2 bridgehead atoms. The maximum Gasteiger partial charge on any atom is 0.252 e. The Hall–Kier alpha value is -2.42. The topological polar surface area (TPSA) is 71.1 Å². The highest BCUT2D eigenvalue weighted by Gasteiger charge is 2.37. The molecule has 2 aromatic carbocycles. The lowest BCUT2D eigenvalue weighted by molar-refractivity contribution is -0.142. The van der Waals surface area contributed by atoms with Crippen molar-refractivity contribution in [1.82, 2.24) is 9.62 Å². The highest BCUT2D eigenvalue weighted by atomic mass is 35.5. The summed E-state index contributed by atoms with van der Waals surface area (Å²) in [5.74, 6) is 1.78. The molecule has 1 saturated heterocycles. The van der Waals surface area contributed by atoms with Gasteiger partial charge in [-0.15, -0.1) is 0 Å². The van der Waals surface area contributed by atoms with E-state index < -0.39 is 6.04 Å². The quantitative estimate of drug-likeness (QED) is 0.485. The van der Waals surface area contributed by atoms with Gasteiger partial charge in [-0.1, -0.05) is 31.0 Å². The third-order valence-electron chi connectivity index (χ3n) is 8.95. The van der Waals surface area contributed by atoms with Gasteiger partial charge in [0.25, 0.3) is 5.91 Å². The lowest BCUT2D eigenvalue weighted by Gasteiger charge is -2.41. The lowest BCUT2D eigenvalue weighted by atomic mass is 9.73. The van der Waals surface area contributed by atoms with Crippen molar-refractivity contribution < 1.29 is 19.1 Å². The molecule has 40 heavy (non-hydrogen) atoms. The number of carbonyl (C=O) groups is 2. The van der Waals surface area contributed by atoms with Crippen molar-refractivity contribution in [2.24, 2.45) is 11.8 Å². The summed E-state index contributed by atoms with van der Waals surface area (Å²) in [6, 6.07) is 12.0. The third kappa shape index (κ3) is 5.81. The van der Waals surface area contributed by atoms with Crippen LogP contribution in [0.5, 0.6) is 5.75 Å². The fourth-order valence-electron chi connectivity index (χ4n) is 6.63. The maximum atomic E-state index is 13.1. The summed E-state index contributed by atoms with van der Waals surface area (Å²) in [6.45, 7) is 5.77. The first-order valence-electron chi connectivity index (χ1n) is 14.6. The van der Waals surface area contributed by atoms with E-state index in [0.717, 1.165) is 66.5 Å². The SMILES string of the molecule is CCCc1cc(Cl)ccc1C1COc2ccc3cc2N(C1)CC1CCC1COCC(=O)N1CCCC1C(=O)NS3. The second kappa shape index (κ2) is 12.2. The van der Waals surface area contributed by atoms with Crippen LogP contribution in [0.1, 0.15) is 56.1 Å². The molecule has 0 aromatic heterocycles. The third-order valence-corrected chi connectivity index (χ3v) is 9.98. The van der Waals surface area contributed by atoms with E-state index in [4.69, 9.17) is 21.1 Å². The number of nitrogens with one attached hydrogen (secondary N) is 1. The largest absolute Gasteiger partial charge is 0.491 e. The van der Waals surface area contributed by atoms with Gasteiger partial charge in [-0.2, -0.15) is 0 Å².